The van der Waals surface area contributed by atoms with Gasteiger partial charge >= 0.3 is 0 Å². The summed E-state index contributed by atoms with van der Waals surface area (Å²) >= 11 is 0. The van der Waals surface area contributed by atoms with Crippen LogP contribution >= 0.6 is 0 Å². The molecule has 1 aliphatic heterocycles. The summed E-state index contributed by atoms with van der Waals surface area (Å²) < 4.78 is 11.0. The van der Waals surface area contributed by atoms with E-state index < -0.39 is 0 Å². The summed E-state index contributed by atoms with van der Waals surface area (Å²) in [5, 5.41) is 3.23. The first-order chi connectivity index (χ1) is 6.93. The number of ether oxygens (including phenoxy) is 2. The number of hydrogen-bond acceptors (Lipinski definition) is 3. The van der Waals surface area contributed by atoms with Crippen LogP contribution in [0.15, 0.2) is 0 Å². The molecule has 1 heterocycles. The Labute approximate surface area is 87.2 Å². The third kappa shape index (κ3) is 5.58. The van der Waals surface area contributed by atoms with Gasteiger partial charge in [0.1, 0.15) is 0 Å². The van der Waals surface area contributed by atoms with Crippen molar-refractivity contribution >= 4 is 0 Å². The van der Waals surface area contributed by atoms with Crippen LogP contribution in [0.5, 0.6) is 0 Å². The van der Waals surface area contributed by atoms with Crippen molar-refractivity contribution in [3.8, 4) is 0 Å². The maximum atomic E-state index is 5.53. The molecule has 1 N–H and O–H groups in total. The Morgan fingerprint density at radius 3 is 3.07 bits per heavy atom. The maximum absolute atomic E-state index is 5.53. The molecule has 0 aromatic heterocycles. The van der Waals surface area contributed by atoms with Crippen LogP contribution in [0, 0.1) is 0 Å². The molecule has 0 spiro atoms. The van der Waals surface area contributed by atoms with Crippen molar-refractivity contribution in [2.75, 3.05) is 32.9 Å². The van der Waals surface area contributed by atoms with E-state index >= 15 is 0 Å². The van der Waals surface area contributed by atoms with Gasteiger partial charge in [0, 0.05) is 19.8 Å². The van der Waals surface area contributed by atoms with Crippen molar-refractivity contribution in [1.82, 2.24) is 5.32 Å². The minimum Gasteiger partial charge on any atom is -0.380 e. The third-order valence-electron chi connectivity index (χ3n) is 2.51. The lowest BCUT2D eigenvalue weighted by Crippen LogP contribution is -2.19. The average molecular weight is 201 g/mol. The molecule has 1 rings (SSSR count). The zero-order chi connectivity index (χ0) is 10.1. The fourth-order valence-electron chi connectivity index (χ4n) is 1.71. The monoisotopic (exact) mass is 201 g/mol. The fourth-order valence-corrected chi connectivity index (χ4v) is 1.71. The van der Waals surface area contributed by atoms with Gasteiger partial charge in [0.05, 0.1) is 12.7 Å². The maximum Gasteiger partial charge on any atom is 0.0590 e. The molecule has 84 valence electrons. The van der Waals surface area contributed by atoms with Crippen LogP contribution < -0.4 is 5.32 Å². The van der Waals surface area contributed by atoms with Crippen molar-refractivity contribution in [2.24, 2.45) is 0 Å². The van der Waals surface area contributed by atoms with Crippen LogP contribution in [0.1, 0.15) is 32.6 Å². The van der Waals surface area contributed by atoms with Gasteiger partial charge in [-0.2, -0.15) is 0 Å². The quantitative estimate of drug-likeness (QED) is 0.605. The number of likely N-dealkylation sites (N-methyl/N-ethyl adjacent to an activating group) is 1. The molecule has 1 unspecified atom stereocenters. The molecule has 0 aliphatic carbocycles. The van der Waals surface area contributed by atoms with Gasteiger partial charge in [-0.15, -0.1) is 0 Å². The van der Waals surface area contributed by atoms with E-state index in [1.807, 2.05) is 0 Å². The second kappa shape index (κ2) is 8.21. The summed E-state index contributed by atoms with van der Waals surface area (Å²) in [5.41, 5.74) is 0. The molecule has 14 heavy (non-hydrogen) atoms. The number of rotatable bonds is 8. The van der Waals surface area contributed by atoms with Crippen molar-refractivity contribution < 1.29 is 9.47 Å². The van der Waals surface area contributed by atoms with Gasteiger partial charge in [-0.1, -0.05) is 6.92 Å². The van der Waals surface area contributed by atoms with Gasteiger partial charge in [0.15, 0.2) is 0 Å². The Hall–Kier alpha value is -0.120. The lowest BCUT2D eigenvalue weighted by molar-refractivity contribution is 0.0826. The summed E-state index contributed by atoms with van der Waals surface area (Å²) in [7, 11) is 0. The Kier molecular flexibility index (Phi) is 7.01. The molecule has 3 nitrogen and oxygen atoms in total. The summed E-state index contributed by atoms with van der Waals surface area (Å²) in [6, 6.07) is 0. The fraction of sp³-hybridized carbons (Fsp3) is 1.00. The molecule has 0 radical (unpaired) electrons. The van der Waals surface area contributed by atoms with Crippen molar-refractivity contribution in [2.45, 2.75) is 38.7 Å². The molecule has 0 aromatic rings. The van der Waals surface area contributed by atoms with Gasteiger partial charge in [-0.3, -0.25) is 0 Å². The molecule has 0 saturated carbocycles. The minimum absolute atomic E-state index is 0.521. The van der Waals surface area contributed by atoms with Gasteiger partial charge in [-0.05, 0) is 32.2 Å². The molecule has 0 aromatic carbocycles. The van der Waals surface area contributed by atoms with Crippen LogP contribution in [0.2, 0.25) is 0 Å². The summed E-state index contributed by atoms with van der Waals surface area (Å²) in [6.07, 6.45) is 5.31. The Bertz CT molecular complexity index is 124. The van der Waals surface area contributed by atoms with E-state index in [0.29, 0.717) is 6.10 Å². The molecule has 1 saturated heterocycles. The van der Waals surface area contributed by atoms with Gasteiger partial charge < -0.3 is 14.8 Å². The van der Waals surface area contributed by atoms with E-state index in [-0.39, 0.29) is 0 Å². The van der Waals surface area contributed by atoms with Crippen LogP contribution in [0.3, 0.4) is 0 Å². The first-order valence-electron chi connectivity index (χ1n) is 5.83. The van der Waals surface area contributed by atoms with E-state index in [1.54, 1.807) is 0 Å². The highest BCUT2D eigenvalue weighted by atomic mass is 16.5. The van der Waals surface area contributed by atoms with E-state index in [2.05, 4.69) is 12.2 Å². The summed E-state index contributed by atoms with van der Waals surface area (Å²) in [4.78, 5) is 0. The highest BCUT2D eigenvalue weighted by molar-refractivity contribution is 4.64. The van der Waals surface area contributed by atoms with Crippen molar-refractivity contribution in [3.05, 3.63) is 0 Å². The zero-order valence-corrected chi connectivity index (χ0v) is 9.26. The average Bonchev–Trinajstić information content (AvgIpc) is 2.69. The van der Waals surface area contributed by atoms with Gasteiger partial charge in [0.2, 0.25) is 0 Å². The van der Waals surface area contributed by atoms with Gasteiger partial charge in [-0.25, -0.2) is 0 Å². The first kappa shape index (κ1) is 12.0. The molecular formula is C11H23NO2. The van der Waals surface area contributed by atoms with Crippen LogP contribution in [0.4, 0.5) is 0 Å². The van der Waals surface area contributed by atoms with Crippen LogP contribution in [-0.2, 0) is 9.47 Å². The number of nitrogens with one attached hydrogen (secondary N) is 1. The Morgan fingerprint density at radius 2 is 2.36 bits per heavy atom. The van der Waals surface area contributed by atoms with Crippen molar-refractivity contribution in [3.63, 3.8) is 0 Å². The van der Waals surface area contributed by atoms with Gasteiger partial charge in [0.25, 0.3) is 0 Å². The zero-order valence-electron chi connectivity index (χ0n) is 9.26. The van der Waals surface area contributed by atoms with Crippen LogP contribution in [-0.4, -0.2) is 39.0 Å². The molecule has 3 heteroatoms. The predicted molar refractivity (Wildman–Crippen MR) is 57.6 cm³/mol. The molecule has 1 atom stereocenters. The SMILES string of the molecule is CCNCCOCCCC1CCCO1. The molecule has 1 fully saturated rings. The minimum atomic E-state index is 0.521. The smallest absolute Gasteiger partial charge is 0.0590 e. The van der Waals surface area contributed by atoms with Crippen molar-refractivity contribution in [1.29, 1.82) is 0 Å². The first-order valence-corrected chi connectivity index (χ1v) is 5.83. The topological polar surface area (TPSA) is 30.5 Å². The highest BCUT2D eigenvalue weighted by Gasteiger charge is 2.14. The lowest BCUT2D eigenvalue weighted by Gasteiger charge is -2.09. The summed E-state index contributed by atoms with van der Waals surface area (Å²) in [6.45, 7) is 6.78. The normalized spacial score (nSPS) is 21.6. The lowest BCUT2D eigenvalue weighted by atomic mass is 10.1. The Balaban J connectivity index is 1.75. The van der Waals surface area contributed by atoms with E-state index in [1.165, 1.54) is 19.3 Å². The second-order valence-electron chi connectivity index (χ2n) is 3.74. The highest BCUT2D eigenvalue weighted by Crippen LogP contribution is 2.16. The molecule has 0 amide bonds. The predicted octanol–water partition coefficient (Wildman–Crippen LogP) is 1.57. The third-order valence-corrected chi connectivity index (χ3v) is 2.51. The molecular weight excluding hydrogens is 178 g/mol. The largest absolute Gasteiger partial charge is 0.380 e. The summed E-state index contributed by atoms with van der Waals surface area (Å²) in [5.74, 6) is 0. The molecule has 0 bridgehead atoms. The van der Waals surface area contributed by atoms with Crippen LogP contribution in [0.25, 0.3) is 0 Å². The molecule has 1 aliphatic rings. The number of hydrogen-bond donors (Lipinski definition) is 1. The second-order valence-corrected chi connectivity index (χ2v) is 3.74. The Morgan fingerprint density at radius 1 is 1.43 bits per heavy atom. The van der Waals surface area contributed by atoms with E-state index in [9.17, 15) is 0 Å². The van der Waals surface area contributed by atoms with E-state index in [0.717, 1.165) is 39.3 Å². The standard InChI is InChI=1S/C11H23NO2/c1-2-12-7-10-13-8-3-5-11-6-4-9-14-11/h11-12H,2-10H2,1H3. The van der Waals surface area contributed by atoms with E-state index in [4.69, 9.17) is 9.47 Å².